The molecule has 6 nitrogen and oxygen atoms in total. The number of nitrogens with one attached hydrogen (secondary N) is 1. The molecule has 8 heteroatoms. The van der Waals surface area contributed by atoms with Crippen LogP contribution in [0.5, 0.6) is 5.75 Å². The topological polar surface area (TPSA) is 77.0 Å². The first-order valence-corrected chi connectivity index (χ1v) is 12.3. The molecule has 0 spiro atoms. The van der Waals surface area contributed by atoms with Gasteiger partial charge < -0.3 is 10.1 Å². The van der Waals surface area contributed by atoms with Gasteiger partial charge in [0, 0.05) is 5.69 Å². The van der Waals surface area contributed by atoms with E-state index in [0.29, 0.717) is 5.03 Å². The Labute approximate surface area is 201 Å². The molecule has 0 atom stereocenters. The van der Waals surface area contributed by atoms with E-state index < -0.39 is 0 Å². The lowest BCUT2D eigenvalue weighted by molar-refractivity contribution is -0.113. The lowest BCUT2D eigenvalue weighted by Gasteiger charge is -2.06. The first-order valence-electron chi connectivity index (χ1n) is 10.5. The van der Waals surface area contributed by atoms with E-state index in [0.717, 1.165) is 44.7 Å². The minimum Gasteiger partial charge on any atom is -0.496 e. The second kappa shape index (κ2) is 10.6. The van der Waals surface area contributed by atoms with E-state index in [1.165, 1.54) is 17.3 Å². The smallest absolute Gasteiger partial charge is 0.234 e. The van der Waals surface area contributed by atoms with Gasteiger partial charge >= 0.3 is 0 Å². The Balaban J connectivity index is 1.40. The van der Waals surface area contributed by atoms with Crippen molar-refractivity contribution < 1.29 is 9.53 Å². The van der Waals surface area contributed by atoms with E-state index in [9.17, 15) is 4.79 Å². The van der Waals surface area contributed by atoms with E-state index in [1.807, 2.05) is 67.6 Å². The number of aromatic nitrogens is 3. The van der Waals surface area contributed by atoms with Gasteiger partial charge in [0.2, 0.25) is 5.91 Å². The number of anilines is 1. The maximum absolute atomic E-state index is 12.3. The molecule has 168 valence electrons. The highest BCUT2D eigenvalue weighted by molar-refractivity contribution is 7.99. The molecule has 0 aliphatic heterocycles. The molecule has 1 amide bonds. The normalized spacial score (nSPS) is 10.8. The number of ether oxygens (including phenoxy) is 1. The number of hydrogen-bond donors (Lipinski definition) is 1. The van der Waals surface area contributed by atoms with Crippen molar-refractivity contribution in [3.05, 3.63) is 71.9 Å². The summed E-state index contributed by atoms with van der Waals surface area (Å²) in [6.45, 7) is 4.07. The number of thioether (sulfide) groups is 1. The van der Waals surface area contributed by atoms with Crippen LogP contribution < -0.4 is 10.1 Å². The van der Waals surface area contributed by atoms with Crippen LogP contribution in [0.15, 0.2) is 65.7 Å². The molecule has 2 aromatic carbocycles. The zero-order chi connectivity index (χ0) is 23.2. The summed E-state index contributed by atoms with van der Waals surface area (Å²) < 4.78 is 5.47. The third-order valence-electron chi connectivity index (χ3n) is 5.00. The number of carbonyl (C=O) groups is 1. The summed E-state index contributed by atoms with van der Waals surface area (Å²) in [6.07, 6.45) is 0.974. The molecule has 0 fully saturated rings. The van der Waals surface area contributed by atoms with Crippen molar-refractivity contribution in [3.63, 3.8) is 0 Å². The number of carbonyl (C=O) groups excluding carboxylic acids is 1. The number of thiazole rings is 1. The number of methoxy groups -OCH3 is 1. The van der Waals surface area contributed by atoms with Crippen LogP contribution in [0.3, 0.4) is 0 Å². The Morgan fingerprint density at radius 1 is 1.06 bits per heavy atom. The highest BCUT2D eigenvalue weighted by atomic mass is 32.2. The van der Waals surface area contributed by atoms with Crippen LogP contribution >= 0.6 is 23.1 Å². The minimum atomic E-state index is -0.0742. The second-order valence-corrected chi connectivity index (χ2v) is 9.27. The highest BCUT2D eigenvalue weighted by Gasteiger charge is 2.16. The van der Waals surface area contributed by atoms with Gasteiger partial charge in [0.15, 0.2) is 0 Å². The highest BCUT2D eigenvalue weighted by Crippen LogP contribution is 2.38. The summed E-state index contributed by atoms with van der Waals surface area (Å²) in [5, 5.41) is 13.2. The van der Waals surface area contributed by atoms with Gasteiger partial charge in [0.25, 0.3) is 0 Å². The zero-order valence-corrected chi connectivity index (χ0v) is 20.3. The van der Waals surface area contributed by atoms with Gasteiger partial charge in [0.05, 0.1) is 29.0 Å². The van der Waals surface area contributed by atoms with Gasteiger partial charge in [-0.15, -0.1) is 21.5 Å². The second-order valence-electron chi connectivity index (χ2n) is 7.28. The predicted octanol–water partition coefficient (Wildman–Crippen LogP) is 5.88. The van der Waals surface area contributed by atoms with E-state index in [2.05, 4.69) is 22.4 Å². The van der Waals surface area contributed by atoms with Gasteiger partial charge in [-0.2, -0.15) is 0 Å². The monoisotopic (exact) mass is 476 g/mol. The fourth-order valence-electron chi connectivity index (χ4n) is 3.25. The minimum absolute atomic E-state index is 0.0742. The van der Waals surface area contributed by atoms with E-state index in [-0.39, 0.29) is 11.7 Å². The quantitative estimate of drug-likeness (QED) is 0.320. The third-order valence-corrected chi connectivity index (χ3v) is 7.14. The summed E-state index contributed by atoms with van der Waals surface area (Å²) in [5.41, 5.74) is 4.64. The van der Waals surface area contributed by atoms with Crippen molar-refractivity contribution in [1.29, 1.82) is 0 Å². The van der Waals surface area contributed by atoms with Crippen LogP contribution in [-0.4, -0.2) is 34.0 Å². The van der Waals surface area contributed by atoms with E-state index in [1.54, 1.807) is 18.4 Å². The number of rotatable bonds is 8. The number of nitrogens with zero attached hydrogens (tertiary/aromatic N) is 3. The van der Waals surface area contributed by atoms with Crippen LogP contribution in [0, 0.1) is 6.92 Å². The number of benzene rings is 2. The van der Waals surface area contributed by atoms with Crippen molar-refractivity contribution in [2.75, 3.05) is 18.2 Å². The Hall–Kier alpha value is -3.23. The molecule has 0 saturated carbocycles. The summed E-state index contributed by atoms with van der Waals surface area (Å²) in [6, 6.07) is 19.5. The maximum Gasteiger partial charge on any atom is 0.234 e. The van der Waals surface area contributed by atoms with Gasteiger partial charge in [-0.05, 0) is 55.3 Å². The van der Waals surface area contributed by atoms with Crippen molar-refractivity contribution >= 4 is 34.7 Å². The van der Waals surface area contributed by atoms with E-state index in [4.69, 9.17) is 9.72 Å². The molecule has 0 aliphatic rings. The summed E-state index contributed by atoms with van der Waals surface area (Å²) in [7, 11) is 1.66. The largest absolute Gasteiger partial charge is 0.496 e. The lowest BCUT2D eigenvalue weighted by atomic mass is 10.1. The molecule has 0 aliphatic carbocycles. The molecular formula is C25H24N4O2S2. The Morgan fingerprint density at radius 3 is 2.55 bits per heavy atom. The van der Waals surface area contributed by atoms with Gasteiger partial charge in [-0.3, -0.25) is 4.79 Å². The summed E-state index contributed by atoms with van der Waals surface area (Å²) >= 11 is 2.91. The first-order chi connectivity index (χ1) is 16.1. The zero-order valence-electron chi connectivity index (χ0n) is 18.7. The first kappa shape index (κ1) is 22.9. The van der Waals surface area contributed by atoms with Crippen molar-refractivity contribution in [2.45, 2.75) is 25.3 Å². The van der Waals surface area contributed by atoms with Gasteiger partial charge in [-0.25, -0.2) is 4.98 Å². The number of para-hydroxylation sites is 1. The summed E-state index contributed by atoms with van der Waals surface area (Å²) in [4.78, 5) is 17.9. The molecule has 2 heterocycles. The van der Waals surface area contributed by atoms with Crippen molar-refractivity contribution in [3.8, 4) is 26.9 Å². The number of aryl methyl sites for hydroxylation is 2. The van der Waals surface area contributed by atoms with Crippen LogP contribution in [-0.2, 0) is 11.2 Å². The van der Waals surface area contributed by atoms with E-state index >= 15 is 0 Å². The molecule has 0 bridgehead atoms. The molecule has 1 N–H and O–H groups in total. The summed E-state index contributed by atoms with van der Waals surface area (Å²) in [5.74, 6) is 0.978. The van der Waals surface area contributed by atoms with Crippen LogP contribution in [0.4, 0.5) is 5.69 Å². The molecule has 4 rings (SSSR count). The van der Waals surface area contributed by atoms with Crippen LogP contribution in [0.2, 0.25) is 0 Å². The van der Waals surface area contributed by atoms with Crippen molar-refractivity contribution in [1.82, 2.24) is 15.2 Å². The lowest BCUT2D eigenvalue weighted by Crippen LogP contribution is -2.14. The molecule has 2 aromatic heterocycles. The fourth-order valence-corrected chi connectivity index (χ4v) is 4.92. The molecule has 4 aromatic rings. The molecule has 33 heavy (non-hydrogen) atoms. The predicted molar refractivity (Wildman–Crippen MR) is 135 cm³/mol. The van der Waals surface area contributed by atoms with Gasteiger partial charge in [-0.1, -0.05) is 43.0 Å². The van der Waals surface area contributed by atoms with Crippen LogP contribution in [0.1, 0.15) is 18.2 Å². The SMILES string of the molecule is CCc1ccc(NC(=O)CSc2ccc(-c3sc(-c4ccccc4OC)nc3C)nn2)cc1. The Morgan fingerprint density at radius 2 is 1.85 bits per heavy atom. The van der Waals surface area contributed by atoms with Crippen molar-refractivity contribution in [2.24, 2.45) is 0 Å². The molecular weight excluding hydrogens is 452 g/mol. The average molecular weight is 477 g/mol. The van der Waals surface area contributed by atoms with Crippen LogP contribution in [0.25, 0.3) is 21.1 Å². The average Bonchev–Trinajstić information content (AvgIpc) is 3.25. The number of amides is 1. The Bertz CT molecular complexity index is 1240. The molecule has 0 unspecified atom stereocenters. The standard InChI is InChI=1S/C25H24N4O2S2/c1-4-17-9-11-18(12-10-17)27-22(30)15-32-23-14-13-20(28-29-23)24-16(2)26-25(33-24)19-7-5-6-8-21(19)31-3/h5-14H,4,15H2,1-3H3,(H,27,30). The third kappa shape index (κ3) is 5.58. The fraction of sp³-hybridized carbons (Fsp3) is 0.200. The molecule has 0 radical (unpaired) electrons. The maximum atomic E-state index is 12.3. The van der Waals surface area contributed by atoms with Gasteiger partial charge in [0.1, 0.15) is 21.5 Å². The number of hydrogen-bond acceptors (Lipinski definition) is 7. The molecule has 0 saturated heterocycles. The Kier molecular flexibility index (Phi) is 7.36.